The van der Waals surface area contributed by atoms with E-state index in [-0.39, 0.29) is 35.7 Å². The van der Waals surface area contributed by atoms with Gasteiger partial charge in [-0.1, -0.05) is 32.4 Å². The summed E-state index contributed by atoms with van der Waals surface area (Å²) in [6, 6.07) is 7.20. The molecule has 0 radical (unpaired) electrons. The maximum atomic E-state index is 14.8. The molecule has 6 heteroatoms. The van der Waals surface area contributed by atoms with E-state index in [4.69, 9.17) is 14.2 Å². The van der Waals surface area contributed by atoms with E-state index in [0.717, 1.165) is 32.3 Å². The molecule has 0 aromatic heterocycles. The van der Waals surface area contributed by atoms with Gasteiger partial charge in [0.25, 0.3) is 0 Å². The molecule has 0 spiro atoms. The highest BCUT2D eigenvalue weighted by Gasteiger charge is 2.25. The van der Waals surface area contributed by atoms with Gasteiger partial charge in [-0.05, 0) is 49.4 Å². The molecule has 1 aliphatic heterocycles. The van der Waals surface area contributed by atoms with Crippen LogP contribution in [0.5, 0.6) is 5.75 Å². The minimum Gasteiger partial charge on any atom is -0.490 e. The van der Waals surface area contributed by atoms with Gasteiger partial charge in [0.05, 0.1) is 25.4 Å². The summed E-state index contributed by atoms with van der Waals surface area (Å²) in [7, 11) is 0. The molecule has 164 valence electrons. The van der Waals surface area contributed by atoms with Gasteiger partial charge in [-0.25, -0.2) is 8.78 Å². The second kappa shape index (κ2) is 10.8. The maximum Gasteiger partial charge on any atom is 0.201 e. The van der Waals surface area contributed by atoms with Crippen LogP contribution in [0.15, 0.2) is 30.3 Å². The van der Waals surface area contributed by atoms with Crippen molar-refractivity contribution in [1.29, 1.82) is 0 Å². The fourth-order valence-corrected chi connectivity index (χ4v) is 3.53. The number of unbranched alkanes of at least 4 members (excludes halogenated alkanes) is 1. The third-order valence-electron chi connectivity index (χ3n) is 5.25. The van der Waals surface area contributed by atoms with Gasteiger partial charge in [0, 0.05) is 17.7 Å². The number of ether oxygens (including phenoxy) is 3. The molecular weight excluding hydrogens is 393 g/mol. The Kier molecular flexibility index (Phi) is 8.16. The Bertz CT molecular complexity index is 833. The molecule has 0 bridgehead atoms. The predicted octanol–water partition coefficient (Wildman–Crippen LogP) is 6.60. The van der Waals surface area contributed by atoms with Crippen molar-refractivity contribution in [3.8, 4) is 16.9 Å². The largest absolute Gasteiger partial charge is 0.490 e. The van der Waals surface area contributed by atoms with Crippen LogP contribution in [0.1, 0.15) is 57.6 Å². The average molecular weight is 422 g/mol. The minimum atomic E-state index is -1.11. The number of benzene rings is 2. The van der Waals surface area contributed by atoms with Crippen LogP contribution >= 0.6 is 0 Å². The van der Waals surface area contributed by atoms with E-state index in [1.165, 1.54) is 24.3 Å². The Morgan fingerprint density at radius 3 is 2.40 bits per heavy atom. The lowest BCUT2D eigenvalue weighted by Crippen LogP contribution is -2.28. The molecule has 1 heterocycles. The van der Waals surface area contributed by atoms with E-state index >= 15 is 0 Å². The summed E-state index contributed by atoms with van der Waals surface area (Å²) >= 11 is 0. The van der Waals surface area contributed by atoms with Gasteiger partial charge < -0.3 is 14.2 Å². The van der Waals surface area contributed by atoms with Crippen LogP contribution in [0.3, 0.4) is 0 Å². The summed E-state index contributed by atoms with van der Waals surface area (Å²) in [5.41, 5.74) is 0.565. The summed E-state index contributed by atoms with van der Waals surface area (Å²) in [4.78, 5) is 0. The first-order valence-corrected chi connectivity index (χ1v) is 10.7. The van der Waals surface area contributed by atoms with E-state index in [9.17, 15) is 13.2 Å². The van der Waals surface area contributed by atoms with E-state index in [1.54, 1.807) is 6.07 Å². The van der Waals surface area contributed by atoms with Crippen LogP contribution in [-0.4, -0.2) is 25.9 Å². The molecule has 1 aliphatic rings. The van der Waals surface area contributed by atoms with Crippen molar-refractivity contribution in [3.05, 3.63) is 53.3 Å². The number of rotatable bonds is 9. The molecule has 0 N–H and O–H groups in total. The lowest BCUT2D eigenvalue weighted by atomic mass is 9.96. The first-order valence-electron chi connectivity index (χ1n) is 10.7. The molecule has 2 aromatic carbocycles. The molecular formula is C24H29F3O3. The van der Waals surface area contributed by atoms with Crippen molar-refractivity contribution in [2.45, 2.75) is 58.2 Å². The summed E-state index contributed by atoms with van der Waals surface area (Å²) in [5, 5.41) is 0. The average Bonchev–Trinajstić information content (AvgIpc) is 2.76. The van der Waals surface area contributed by atoms with Gasteiger partial charge in [0.2, 0.25) is 5.82 Å². The topological polar surface area (TPSA) is 27.7 Å². The van der Waals surface area contributed by atoms with E-state index < -0.39 is 17.5 Å². The molecule has 3 nitrogen and oxygen atoms in total. The molecule has 3 rings (SSSR count). The monoisotopic (exact) mass is 422 g/mol. The molecule has 0 saturated carbocycles. The Labute approximate surface area is 176 Å². The highest BCUT2D eigenvalue weighted by Crippen LogP contribution is 2.35. The molecule has 2 atom stereocenters. The van der Waals surface area contributed by atoms with Gasteiger partial charge in [-0.15, -0.1) is 0 Å². The molecule has 1 saturated heterocycles. The summed E-state index contributed by atoms with van der Waals surface area (Å²) < 4.78 is 60.4. The molecule has 1 fully saturated rings. The van der Waals surface area contributed by atoms with E-state index in [2.05, 4.69) is 6.92 Å². The van der Waals surface area contributed by atoms with Gasteiger partial charge in [-0.3, -0.25) is 0 Å². The Morgan fingerprint density at radius 2 is 1.73 bits per heavy atom. The molecule has 0 amide bonds. The molecule has 0 aliphatic carbocycles. The summed E-state index contributed by atoms with van der Waals surface area (Å²) in [6.07, 6.45) is 4.19. The highest BCUT2D eigenvalue weighted by molar-refractivity contribution is 5.66. The van der Waals surface area contributed by atoms with Crippen molar-refractivity contribution >= 4 is 0 Å². The third kappa shape index (κ3) is 5.35. The Balaban J connectivity index is 1.70. The van der Waals surface area contributed by atoms with Crippen molar-refractivity contribution < 1.29 is 27.4 Å². The standard InChI is InChI=1S/C24H29F3O3/c1-3-5-13-28-17-7-10-21(30-15-17)16-6-8-18(20(25)14-16)19-9-11-22(29-12-4-2)24(27)23(19)26/h6,8-9,11,14,17,21H,3-5,7,10,12-13,15H2,1-2H3. The van der Waals surface area contributed by atoms with E-state index in [1.807, 2.05) is 6.92 Å². The van der Waals surface area contributed by atoms with Crippen LogP contribution in [0.4, 0.5) is 13.2 Å². The zero-order valence-corrected chi connectivity index (χ0v) is 17.6. The van der Waals surface area contributed by atoms with Crippen LogP contribution in [0.25, 0.3) is 11.1 Å². The van der Waals surface area contributed by atoms with Crippen LogP contribution in [0, 0.1) is 17.5 Å². The van der Waals surface area contributed by atoms with Crippen LogP contribution in [0.2, 0.25) is 0 Å². The number of hydrogen-bond donors (Lipinski definition) is 0. The first kappa shape index (κ1) is 22.6. The maximum absolute atomic E-state index is 14.8. The fourth-order valence-electron chi connectivity index (χ4n) is 3.53. The van der Waals surface area contributed by atoms with Gasteiger partial charge in [0.1, 0.15) is 5.82 Å². The minimum absolute atomic E-state index is 0.00813. The van der Waals surface area contributed by atoms with Crippen molar-refractivity contribution in [2.24, 2.45) is 0 Å². The lowest BCUT2D eigenvalue weighted by molar-refractivity contribution is -0.0872. The first-order chi connectivity index (χ1) is 14.5. The van der Waals surface area contributed by atoms with Crippen LogP contribution < -0.4 is 4.74 Å². The zero-order valence-electron chi connectivity index (χ0n) is 17.6. The van der Waals surface area contributed by atoms with Gasteiger partial charge in [-0.2, -0.15) is 4.39 Å². The van der Waals surface area contributed by atoms with Crippen molar-refractivity contribution in [2.75, 3.05) is 19.8 Å². The Hall–Kier alpha value is -2.05. The highest BCUT2D eigenvalue weighted by atomic mass is 19.2. The lowest BCUT2D eigenvalue weighted by Gasteiger charge is -2.29. The third-order valence-corrected chi connectivity index (χ3v) is 5.25. The predicted molar refractivity (Wildman–Crippen MR) is 110 cm³/mol. The smallest absolute Gasteiger partial charge is 0.201 e. The summed E-state index contributed by atoms with van der Waals surface area (Å²) in [5.74, 6) is -3.00. The van der Waals surface area contributed by atoms with Gasteiger partial charge in [0.15, 0.2) is 11.6 Å². The quantitative estimate of drug-likeness (QED) is 0.426. The SMILES string of the molecule is CCCCOC1CCC(c2ccc(-c3ccc(OCCC)c(F)c3F)c(F)c2)OC1. The summed E-state index contributed by atoms with van der Waals surface area (Å²) in [6.45, 7) is 5.46. The second-order valence-electron chi connectivity index (χ2n) is 7.57. The molecule has 30 heavy (non-hydrogen) atoms. The number of halogens is 3. The van der Waals surface area contributed by atoms with Crippen molar-refractivity contribution in [1.82, 2.24) is 0 Å². The van der Waals surface area contributed by atoms with Gasteiger partial charge >= 0.3 is 0 Å². The van der Waals surface area contributed by atoms with Crippen LogP contribution in [-0.2, 0) is 9.47 Å². The number of hydrogen-bond acceptors (Lipinski definition) is 3. The molecule has 2 aromatic rings. The normalized spacial score (nSPS) is 19.1. The second-order valence-corrected chi connectivity index (χ2v) is 7.57. The zero-order chi connectivity index (χ0) is 21.5. The van der Waals surface area contributed by atoms with E-state index in [0.29, 0.717) is 18.6 Å². The fraction of sp³-hybridized carbons (Fsp3) is 0.500. The van der Waals surface area contributed by atoms with Crippen molar-refractivity contribution in [3.63, 3.8) is 0 Å². The molecule has 2 unspecified atom stereocenters. The Morgan fingerprint density at radius 1 is 0.933 bits per heavy atom.